The van der Waals surface area contributed by atoms with E-state index in [9.17, 15) is 8.78 Å². The Morgan fingerprint density at radius 2 is 1.86 bits per heavy atom. The molecule has 0 atom stereocenters. The van der Waals surface area contributed by atoms with Gasteiger partial charge in [-0.05, 0) is 19.4 Å². The Hall–Kier alpha value is -1.95. The minimum absolute atomic E-state index is 0.0161. The number of aryl methyl sites for hydroxylation is 1. The zero-order chi connectivity index (χ0) is 15.4. The average molecular weight is 313 g/mol. The van der Waals surface area contributed by atoms with Crippen LogP contribution in [0.1, 0.15) is 19.2 Å². The molecule has 0 unspecified atom stereocenters. The molecule has 0 saturated heterocycles. The molecule has 1 heterocycles. The molecule has 2 N–H and O–H groups in total. The third kappa shape index (κ3) is 4.01. The topological polar surface area (TPSA) is 49.8 Å². The summed E-state index contributed by atoms with van der Waals surface area (Å²) >= 11 is 5.85. The van der Waals surface area contributed by atoms with Gasteiger partial charge in [-0.15, -0.1) is 0 Å². The number of benzene rings is 1. The number of hydrogen-bond acceptors (Lipinski definition) is 4. The maximum Gasteiger partial charge on any atom is 0.151 e. The lowest BCUT2D eigenvalue weighted by molar-refractivity contribution is 0.586. The van der Waals surface area contributed by atoms with Crippen molar-refractivity contribution in [1.82, 2.24) is 9.97 Å². The van der Waals surface area contributed by atoms with Crippen molar-refractivity contribution < 1.29 is 8.78 Å². The van der Waals surface area contributed by atoms with Gasteiger partial charge in [0.1, 0.15) is 23.3 Å². The highest BCUT2D eigenvalue weighted by Crippen LogP contribution is 2.29. The Bertz CT molecular complexity index is 626. The van der Waals surface area contributed by atoms with E-state index in [4.69, 9.17) is 11.6 Å². The number of rotatable bonds is 5. The molecule has 0 amide bonds. The van der Waals surface area contributed by atoms with E-state index in [1.54, 1.807) is 13.0 Å². The summed E-state index contributed by atoms with van der Waals surface area (Å²) in [6.07, 6.45) is 0.949. The summed E-state index contributed by atoms with van der Waals surface area (Å²) in [6, 6.07) is 3.44. The van der Waals surface area contributed by atoms with E-state index >= 15 is 0 Å². The summed E-state index contributed by atoms with van der Waals surface area (Å²) in [5, 5.41) is 5.83. The predicted molar refractivity (Wildman–Crippen MR) is 80.2 cm³/mol. The van der Waals surface area contributed by atoms with Gasteiger partial charge in [0.25, 0.3) is 0 Å². The Kier molecular flexibility index (Phi) is 4.90. The average Bonchev–Trinajstić information content (AvgIpc) is 2.40. The van der Waals surface area contributed by atoms with Crippen LogP contribution < -0.4 is 10.6 Å². The lowest BCUT2D eigenvalue weighted by atomic mass is 10.3. The maximum atomic E-state index is 13.8. The third-order valence-corrected chi connectivity index (χ3v) is 2.95. The van der Waals surface area contributed by atoms with Gasteiger partial charge in [0, 0.05) is 18.7 Å². The number of nitrogens with zero attached hydrogens (tertiary/aromatic N) is 2. The van der Waals surface area contributed by atoms with Gasteiger partial charge in [0.05, 0.1) is 10.7 Å². The fourth-order valence-electron chi connectivity index (χ4n) is 1.77. The second kappa shape index (κ2) is 6.67. The minimum Gasteiger partial charge on any atom is -0.370 e. The number of halogens is 3. The lowest BCUT2D eigenvalue weighted by Crippen LogP contribution is -2.06. The van der Waals surface area contributed by atoms with Crippen LogP contribution >= 0.6 is 11.6 Å². The first-order valence-corrected chi connectivity index (χ1v) is 6.88. The highest BCUT2D eigenvalue weighted by Gasteiger charge is 2.11. The van der Waals surface area contributed by atoms with Gasteiger partial charge in [-0.25, -0.2) is 18.7 Å². The molecule has 112 valence electrons. The van der Waals surface area contributed by atoms with Gasteiger partial charge < -0.3 is 10.6 Å². The predicted octanol–water partition coefficient (Wildman–Crippen LogP) is 4.28. The summed E-state index contributed by atoms with van der Waals surface area (Å²) in [5.74, 6) is 0.0304. The van der Waals surface area contributed by atoms with Gasteiger partial charge in [0.2, 0.25) is 0 Å². The van der Waals surface area contributed by atoms with E-state index < -0.39 is 11.6 Å². The Balaban J connectivity index is 2.29. The number of nitrogens with one attached hydrogen (secondary N) is 2. The molecule has 0 radical (unpaired) electrons. The highest BCUT2D eigenvalue weighted by atomic mass is 35.5. The van der Waals surface area contributed by atoms with E-state index in [0.29, 0.717) is 17.5 Å². The van der Waals surface area contributed by atoms with Crippen molar-refractivity contribution >= 4 is 28.9 Å². The standard InChI is InChI=1S/C14H15ClF2N4/c1-3-4-18-12-7-13(20-8(2)19-12)21-14-10(15)5-9(16)6-11(14)17/h5-7H,3-4H2,1-2H3,(H2,18,19,20,21). The number of aromatic nitrogens is 2. The van der Waals surface area contributed by atoms with E-state index in [1.165, 1.54) is 0 Å². The molecule has 2 aromatic rings. The van der Waals surface area contributed by atoms with Crippen LogP contribution in [0, 0.1) is 18.6 Å². The molecule has 4 nitrogen and oxygen atoms in total. The van der Waals surface area contributed by atoms with Gasteiger partial charge in [-0.1, -0.05) is 18.5 Å². The van der Waals surface area contributed by atoms with Gasteiger partial charge in [-0.3, -0.25) is 0 Å². The first-order chi connectivity index (χ1) is 9.99. The number of hydrogen-bond donors (Lipinski definition) is 2. The van der Waals surface area contributed by atoms with Crippen molar-refractivity contribution in [2.24, 2.45) is 0 Å². The quantitative estimate of drug-likeness (QED) is 0.865. The van der Waals surface area contributed by atoms with Crippen LogP contribution in [-0.2, 0) is 0 Å². The van der Waals surface area contributed by atoms with Crippen LogP contribution in [0.15, 0.2) is 18.2 Å². The third-order valence-electron chi connectivity index (χ3n) is 2.65. The van der Waals surface area contributed by atoms with E-state index in [1.807, 2.05) is 6.92 Å². The summed E-state index contributed by atoms with van der Waals surface area (Å²) in [6.45, 7) is 4.53. The minimum atomic E-state index is -0.778. The van der Waals surface area contributed by atoms with Crippen molar-refractivity contribution in [2.45, 2.75) is 20.3 Å². The van der Waals surface area contributed by atoms with E-state index in [2.05, 4.69) is 20.6 Å². The van der Waals surface area contributed by atoms with Crippen LogP contribution in [0.4, 0.5) is 26.1 Å². The fourth-order valence-corrected chi connectivity index (χ4v) is 2.01. The molecule has 7 heteroatoms. The molecule has 2 rings (SSSR count). The van der Waals surface area contributed by atoms with Crippen molar-refractivity contribution in [3.8, 4) is 0 Å². The van der Waals surface area contributed by atoms with Crippen molar-refractivity contribution in [1.29, 1.82) is 0 Å². The van der Waals surface area contributed by atoms with E-state index in [-0.39, 0.29) is 10.7 Å². The Labute approximate surface area is 126 Å². The van der Waals surface area contributed by atoms with Crippen LogP contribution in [0.5, 0.6) is 0 Å². The molecular weight excluding hydrogens is 298 g/mol. The Morgan fingerprint density at radius 3 is 2.52 bits per heavy atom. The Morgan fingerprint density at radius 1 is 1.14 bits per heavy atom. The highest BCUT2D eigenvalue weighted by molar-refractivity contribution is 6.33. The summed E-state index contributed by atoms with van der Waals surface area (Å²) in [5.41, 5.74) is -0.0161. The molecule has 0 spiro atoms. The molecule has 0 aliphatic rings. The molecule has 0 fully saturated rings. The van der Waals surface area contributed by atoms with Crippen LogP contribution in [0.3, 0.4) is 0 Å². The fraction of sp³-hybridized carbons (Fsp3) is 0.286. The van der Waals surface area contributed by atoms with Crippen molar-refractivity contribution in [3.63, 3.8) is 0 Å². The number of anilines is 3. The van der Waals surface area contributed by atoms with Crippen molar-refractivity contribution in [3.05, 3.63) is 40.7 Å². The molecule has 0 aliphatic carbocycles. The first-order valence-electron chi connectivity index (χ1n) is 6.50. The molecule has 1 aromatic carbocycles. The zero-order valence-electron chi connectivity index (χ0n) is 11.7. The van der Waals surface area contributed by atoms with Crippen molar-refractivity contribution in [2.75, 3.05) is 17.2 Å². The molecule has 0 saturated carbocycles. The zero-order valence-corrected chi connectivity index (χ0v) is 12.4. The van der Waals surface area contributed by atoms with Gasteiger partial charge in [0.15, 0.2) is 5.82 Å². The monoisotopic (exact) mass is 312 g/mol. The second-order valence-corrected chi connectivity index (χ2v) is 4.89. The molecule has 0 aliphatic heterocycles. The van der Waals surface area contributed by atoms with E-state index in [0.717, 1.165) is 25.1 Å². The summed E-state index contributed by atoms with van der Waals surface area (Å²) < 4.78 is 26.8. The normalized spacial score (nSPS) is 10.5. The van der Waals surface area contributed by atoms with Crippen LogP contribution in [0.25, 0.3) is 0 Å². The summed E-state index contributed by atoms with van der Waals surface area (Å²) in [4.78, 5) is 8.38. The maximum absolute atomic E-state index is 13.8. The van der Waals surface area contributed by atoms with Gasteiger partial charge in [-0.2, -0.15) is 0 Å². The van der Waals surface area contributed by atoms with Gasteiger partial charge >= 0.3 is 0 Å². The SMILES string of the molecule is CCCNc1cc(Nc2c(F)cc(F)cc2Cl)nc(C)n1. The second-order valence-electron chi connectivity index (χ2n) is 4.48. The summed E-state index contributed by atoms with van der Waals surface area (Å²) in [7, 11) is 0. The molecular formula is C14H15ClF2N4. The van der Waals surface area contributed by atoms with Crippen LogP contribution in [0.2, 0.25) is 5.02 Å². The smallest absolute Gasteiger partial charge is 0.151 e. The van der Waals surface area contributed by atoms with Crippen LogP contribution in [-0.4, -0.2) is 16.5 Å². The molecule has 1 aromatic heterocycles. The first kappa shape index (κ1) is 15.4. The molecule has 0 bridgehead atoms. The lowest BCUT2D eigenvalue weighted by Gasteiger charge is -2.11. The largest absolute Gasteiger partial charge is 0.370 e. The molecule has 21 heavy (non-hydrogen) atoms.